The van der Waals surface area contributed by atoms with Gasteiger partial charge < -0.3 is 14.7 Å². The number of carboxylic acids is 1. The minimum atomic E-state index is -3.50. The van der Waals surface area contributed by atoms with Gasteiger partial charge in [0.05, 0.1) is 10.6 Å². The fraction of sp³-hybridized carbons (Fsp3) is 0.318. The molecule has 3 rings (SSSR count). The lowest BCUT2D eigenvalue weighted by Gasteiger charge is -2.35. The van der Waals surface area contributed by atoms with Crippen LogP contribution in [0, 0.1) is 5.82 Å². The smallest absolute Gasteiger partial charge is 0.368 e. The zero-order valence-electron chi connectivity index (χ0n) is 18.1. The zero-order valence-corrected chi connectivity index (χ0v) is 19.8. The quantitative estimate of drug-likeness (QED) is 0.195. The number of aliphatic carboxylic acids is 1. The van der Waals surface area contributed by atoms with Gasteiger partial charge in [-0.3, -0.25) is 9.11 Å². The number of halogens is 2. The van der Waals surface area contributed by atoms with E-state index >= 15 is 0 Å². The first-order chi connectivity index (χ1) is 15.7. The molecule has 1 atom stereocenters. The van der Waals surface area contributed by atoms with Crippen molar-refractivity contribution in [1.29, 1.82) is 0 Å². The number of unbranched alkanes of at least 4 members (excludes halogenated alkanes) is 1. The Balaban J connectivity index is 2.15. The van der Waals surface area contributed by atoms with E-state index in [9.17, 15) is 22.7 Å². The molecule has 11 heteroatoms. The Morgan fingerprint density at radius 3 is 2.64 bits per heavy atom. The number of nitrogens with zero attached hydrogens (tertiary/aromatic N) is 1. The standard InChI is InChI=1S/C22H26F2N2O5S2/c1-3-4-5-15-12-26(16-8-6-14(23)7-9-16)18-10-20(32-2)19(31-13-17(24)22(27)28)11-21(18)33(29,30)25-15/h6-11,13,15,25,29-30H,3-5,12H2,1-2H3,(H,27,28)/b17-13-/t15-/m0/s1. The highest BCUT2D eigenvalue weighted by Gasteiger charge is 2.33. The molecule has 1 heterocycles. The minimum Gasteiger partial charge on any atom is -0.476 e. The fourth-order valence-electron chi connectivity index (χ4n) is 3.50. The number of anilines is 2. The van der Waals surface area contributed by atoms with Gasteiger partial charge in [-0.05, 0) is 43.0 Å². The van der Waals surface area contributed by atoms with Crippen molar-refractivity contribution in [1.82, 2.24) is 4.72 Å². The van der Waals surface area contributed by atoms with E-state index in [0.717, 1.165) is 12.8 Å². The predicted molar refractivity (Wildman–Crippen MR) is 127 cm³/mol. The van der Waals surface area contributed by atoms with Crippen molar-refractivity contribution in [3.8, 4) is 5.75 Å². The van der Waals surface area contributed by atoms with Crippen LogP contribution in [-0.4, -0.2) is 39.0 Å². The van der Waals surface area contributed by atoms with Crippen LogP contribution in [0.25, 0.3) is 0 Å². The van der Waals surface area contributed by atoms with Crippen molar-refractivity contribution in [3.63, 3.8) is 0 Å². The first kappa shape index (κ1) is 25.3. The van der Waals surface area contributed by atoms with Crippen LogP contribution >= 0.6 is 22.5 Å². The number of hydrogen-bond donors (Lipinski definition) is 4. The van der Waals surface area contributed by atoms with E-state index in [1.165, 1.54) is 30.0 Å². The van der Waals surface area contributed by atoms with Crippen molar-refractivity contribution in [2.24, 2.45) is 0 Å². The number of fused-ring (bicyclic) bond motifs is 1. The normalized spacial score (nSPS) is 18.9. The fourth-order valence-corrected chi connectivity index (χ4v) is 5.56. The monoisotopic (exact) mass is 500 g/mol. The molecule has 0 spiro atoms. The molecule has 1 aliphatic heterocycles. The van der Waals surface area contributed by atoms with Crippen LogP contribution in [-0.2, 0) is 4.79 Å². The van der Waals surface area contributed by atoms with Crippen LogP contribution in [0.15, 0.2) is 58.3 Å². The number of thioether (sulfide) groups is 1. The van der Waals surface area contributed by atoms with E-state index in [-0.39, 0.29) is 22.5 Å². The Kier molecular flexibility index (Phi) is 8.24. The second-order valence-electron chi connectivity index (χ2n) is 7.45. The van der Waals surface area contributed by atoms with E-state index in [1.807, 2.05) is 11.8 Å². The highest BCUT2D eigenvalue weighted by atomic mass is 32.3. The van der Waals surface area contributed by atoms with Gasteiger partial charge in [0, 0.05) is 24.3 Å². The number of carboxylic acid groups (broad SMARTS) is 1. The van der Waals surface area contributed by atoms with Crippen LogP contribution < -0.4 is 14.4 Å². The van der Waals surface area contributed by atoms with Crippen molar-refractivity contribution >= 4 is 39.9 Å². The molecule has 2 aromatic rings. The summed E-state index contributed by atoms with van der Waals surface area (Å²) in [5.74, 6) is -3.58. The number of carbonyl (C=O) groups is 1. The summed E-state index contributed by atoms with van der Waals surface area (Å²) in [5, 5.41) is 8.73. The third-order valence-corrected chi connectivity index (χ3v) is 7.48. The first-order valence-electron chi connectivity index (χ1n) is 10.2. The molecule has 1 aliphatic rings. The Labute approximate surface area is 196 Å². The van der Waals surface area contributed by atoms with Crippen molar-refractivity contribution in [3.05, 3.63) is 54.3 Å². The van der Waals surface area contributed by atoms with Gasteiger partial charge in [0.25, 0.3) is 0 Å². The summed E-state index contributed by atoms with van der Waals surface area (Å²) in [6, 6.07) is 8.65. The first-order valence-corrected chi connectivity index (χ1v) is 13.0. The number of hydrogen-bond acceptors (Lipinski definition) is 7. The number of rotatable bonds is 8. The van der Waals surface area contributed by atoms with E-state index in [4.69, 9.17) is 9.84 Å². The third-order valence-electron chi connectivity index (χ3n) is 5.11. The van der Waals surface area contributed by atoms with Gasteiger partial charge in [-0.15, -0.1) is 22.5 Å². The van der Waals surface area contributed by atoms with Gasteiger partial charge in [-0.2, -0.15) is 4.39 Å². The molecule has 180 valence electrons. The largest absolute Gasteiger partial charge is 0.476 e. The molecule has 7 nitrogen and oxygen atoms in total. The van der Waals surface area contributed by atoms with Crippen molar-refractivity contribution in [2.45, 2.75) is 42.0 Å². The maximum Gasteiger partial charge on any atom is 0.368 e. The summed E-state index contributed by atoms with van der Waals surface area (Å²) in [7, 11) is -3.50. The lowest BCUT2D eigenvalue weighted by molar-refractivity contribution is -0.134. The van der Waals surface area contributed by atoms with Crippen LogP contribution in [0.4, 0.5) is 20.2 Å². The van der Waals surface area contributed by atoms with Crippen LogP contribution in [0.1, 0.15) is 26.2 Å². The van der Waals surface area contributed by atoms with Gasteiger partial charge in [-0.25, -0.2) is 13.9 Å². The van der Waals surface area contributed by atoms with E-state index in [2.05, 4.69) is 4.72 Å². The number of benzene rings is 2. The molecule has 4 N–H and O–H groups in total. The van der Waals surface area contributed by atoms with Gasteiger partial charge in [0.2, 0.25) is 5.83 Å². The average molecular weight is 501 g/mol. The Bertz CT molecular complexity index is 1030. The Morgan fingerprint density at radius 1 is 1.33 bits per heavy atom. The highest BCUT2D eigenvalue weighted by Crippen LogP contribution is 2.55. The summed E-state index contributed by atoms with van der Waals surface area (Å²) in [5.41, 5.74) is 1.14. The second kappa shape index (κ2) is 10.7. The Hall–Kier alpha value is -2.31. The van der Waals surface area contributed by atoms with Gasteiger partial charge in [0.15, 0.2) is 0 Å². The topological polar surface area (TPSA) is 102 Å². The zero-order chi connectivity index (χ0) is 24.2. The van der Waals surface area contributed by atoms with Crippen LogP contribution in [0.3, 0.4) is 0 Å². The van der Waals surface area contributed by atoms with Crippen LogP contribution in [0.2, 0.25) is 0 Å². The maximum absolute atomic E-state index is 13.6. The molecule has 0 saturated carbocycles. The van der Waals surface area contributed by atoms with E-state index < -0.39 is 22.6 Å². The average Bonchev–Trinajstić information content (AvgIpc) is 2.89. The van der Waals surface area contributed by atoms with Gasteiger partial charge in [0.1, 0.15) is 22.7 Å². The molecule has 33 heavy (non-hydrogen) atoms. The predicted octanol–water partition coefficient (Wildman–Crippen LogP) is 6.15. The number of ether oxygens (including phenoxy) is 1. The summed E-state index contributed by atoms with van der Waals surface area (Å²) in [6.07, 6.45) is 4.69. The second-order valence-corrected chi connectivity index (χ2v) is 10.1. The molecule has 2 aromatic carbocycles. The third kappa shape index (κ3) is 5.98. The molecule has 0 bridgehead atoms. The lowest BCUT2D eigenvalue weighted by Crippen LogP contribution is -2.37. The SMILES string of the molecule is CCCC[C@H]1CN(c2ccc(F)cc2)c2cc(SC)c(O/C=C(\F)C(=O)O)cc2S(O)(O)N1. The van der Waals surface area contributed by atoms with E-state index in [0.29, 0.717) is 35.5 Å². The molecule has 0 amide bonds. The maximum atomic E-state index is 13.6. The van der Waals surface area contributed by atoms with Gasteiger partial charge >= 0.3 is 5.97 Å². The molecular weight excluding hydrogens is 474 g/mol. The Morgan fingerprint density at radius 2 is 2.03 bits per heavy atom. The molecule has 0 unspecified atom stereocenters. The minimum absolute atomic E-state index is 0.0745. The summed E-state index contributed by atoms with van der Waals surface area (Å²) in [6.45, 7) is 2.44. The van der Waals surface area contributed by atoms with E-state index in [1.54, 1.807) is 24.5 Å². The molecule has 0 fully saturated rings. The van der Waals surface area contributed by atoms with Crippen molar-refractivity contribution in [2.75, 3.05) is 17.7 Å². The summed E-state index contributed by atoms with van der Waals surface area (Å²) < 4.78 is 57.3. The molecule has 0 aliphatic carbocycles. The highest BCUT2D eigenvalue weighted by molar-refractivity contribution is 8.22. The summed E-state index contributed by atoms with van der Waals surface area (Å²) >= 11 is 1.26. The molecular formula is C22H26F2N2O5S2. The van der Waals surface area contributed by atoms with Gasteiger partial charge in [-0.1, -0.05) is 19.8 Å². The lowest BCUT2D eigenvalue weighted by atomic mass is 10.1. The molecule has 0 aromatic heterocycles. The molecule has 0 saturated heterocycles. The van der Waals surface area contributed by atoms with Crippen LogP contribution in [0.5, 0.6) is 5.75 Å². The summed E-state index contributed by atoms with van der Waals surface area (Å²) in [4.78, 5) is 13.3. The van der Waals surface area contributed by atoms with Crippen molar-refractivity contribution < 1.29 is 32.5 Å². The number of nitrogens with one attached hydrogen (secondary N) is 1. The molecule has 0 radical (unpaired) electrons.